The molecule has 1 aromatic rings. The van der Waals surface area contributed by atoms with E-state index in [0.717, 1.165) is 23.0 Å². The van der Waals surface area contributed by atoms with E-state index in [1.165, 1.54) is 0 Å². The number of rotatable bonds is 2. The van der Waals surface area contributed by atoms with Gasteiger partial charge in [0, 0.05) is 5.56 Å². The largest absolute Gasteiger partial charge is 0.298 e. The summed E-state index contributed by atoms with van der Waals surface area (Å²) >= 11 is 0. The molecule has 12 heavy (non-hydrogen) atoms. The van der Waals surface area contributed by atoms with Crippen LogP contribution >= 0.6 is 0 Å². The van der Waals surface area contributed by atoms with Gasteiger partial charge in [-0.05, 0) is 31.0 Å². The third kappa shape index (κ3) is 1.62. The average molecular weight is 160 g/mol. The number of carbonyl (C=O) groups is 1. The zero-order valence-electron chi connectivity index (χ0n) is 7.42. The van der Waals surface area contributed by atoms with Crippen LogP contribution in [0.4, 0.5) is 0 Å². The van der Waals surface area contributed by atoms with Crippen LogP contribution in [0.15, 0.2) is 24.8 Å². The lowest BCUT2D eigenvalue weighted by molar-refractivity contribution is 0.112. The number of hydrogen-bond acceptors (Lipinski definition) is 1. The fourth-order valence-corrected chi connectivity index (χ4v) is 1.17. The predicted octanol–water partition coefficient (Wildman–Crippen LogP) is 2.84. The Kier molecular flexibility index (Phi) is 2.44. The fraction of sp³-hybridized carbons (Fsp3) is 0.182. The molecule has 0 spiro atoms. The molecule has 0 aromatic heterocycles. The Morgan fingerprint density at radius 1 is 1.50 bits per heavy atom. The molecule has 0 fully saturated rings. The highest BCUT2D eigenvalue weighted by molar-refractivity contribution is 5.78. The van der Waals surface area contributed by atoms with Gasteiger partial charge in [0.15, 0.2) is 0 Å². The first-order chi connectivity index (χ1) is 5.65. The lowest BCUT2D eigenvalue weighted by Gasteiger charge is -2.04. The second-order valence-corrected chi connectivity index (χ2v) is 2.97. The Morgan fingerprint density at radius 2 is 2.17 bits per heavy atom. The van der Waals surface area contributed by atoms with Crippen molar-refractivity contribution in [1.29, 1.82) is 0 Å². The maximum Gasteiger partial charge on any atom is 0.150 e. The average Bonchev–Trinajstić information content (AvgIpc) is 2.05. The highest BCUT2D eigenvalue weighted by Crippen LogP contribution is 2.17. The molecular formula is C11H12O. The summed E-state index contributed by atoms with van der Waals surface area (Å²) in [6, 6.07) is 5.62. The maximum absolute atomic E-state index is 10.5. The van der Waals surface area contributed by atoms with Gasteiger partial charge in [0.25, 0.3) is 0 Å². The first kappa shape index (κ1) is 8.72. The van der Waals surface area contributed by atoms with E-state index in [9.17, 15) is 4.79 Å². The van der Waals surface area contributed by atoms with Gasteiger partial charge < -0.3 is 0 Å². The van der Waals surface area contributed by atoms with Crippen molar-refractivity contribution in [2.75, 3.05) is 0 Å². The minimum absolute atomic E-state index is 0.707. The summed E-state index contributed by atoms with van der Waals surface area (Å²) in [5.41, 5.74) is 3.93. The van der Waals surface area contributed by atoms with Gasteiger partial charge in [0.05, 0.1) is 0 Å². The highest BCUT2D eigenvalue weighted by Gasteiger charge is 1.99. The molecule has 0 aliphatic rings. The van der Waals surface area contributed by atoms with E-state index in [2.05, 4.69) is 6.58 Å². The molecule has 0 saturated carbocycles. The lowest BCUT2D eigenvalue weighted by atomic mass is 10.0. The minimum Gasteiger partial charge on any atom is -0.298 e. The Labute approximate surface area is 72.7 Å². The van der Waals surface area contributed by atoms with Crippen molar-refractivity contribution in [1.82, 2.24) is 0 Å². The van der Waals surface area contributed by atoms with Crippen molar-refractivity contribution < 1.29 is 4.79 Å². The van der Waals surface area contributed by atoms with Crippen LogP contribution in [0.3, 0.4) is 0 Å². The van der Waals surface area contributed by atoms with E-state index >= 15 is 0 Å². The SMILES string of the molecule is C=C(C)c1cc(C=O)ccc1C. The summed E-state index contributed by atoms with van der Waals surface area (Å²) in [5.74, 6) is 0. The molecule has 0 N–H and O–H groups in total. The van der Waals surface area contributed by atoms with Crippen LogP contribution in [-0.4, -0.2) is 6.29 Å². The third-order valence-corrected chi connectivity index (χ3v) is 1.86. The first-order valence-electron chi connectivity index (χ1n) is 3.87. The van der Waals surface area contributed by atoms with E-state index in [4.69, 9.17) is 0 Å². The quantitative estimate of drug-likeness (QED) is 0.608. The van der Waals surface area contributed by atoms with Crippen molar-refractivity contribution in [3.05, 3.63) is 41.5 Å². The van der Waals surface area contributed by atoms with Crippen molar-refractivity contribution in [3.8, 4) is 0 Å². The van der Waals surface area contributed by atoms with E-state index in [1.807, 2.05) is 32.0 Å². The van der Waals surface area contributed by atoms with Gasteiger partial charge in [-0.1, -0.05) is 24.3 Å². The van der Waals surface area contributed by atoms with E-state index in [0.29, 0.717) is 5.56 Å². The number of aryl methyl sites for hydroxylation is 1. The Bertz CT molecular complexity index is 324. The van der Waals surface area contributed by atoms with Gasteiger partial charge in [0.1, 0.15) is 6.29 Å². The number of allylic oxidation sites excluding steroid dienone is 1. The number of carbonyl (C=O) groups excluding carboxylic acids is 1. The molecule has 1 nitrogen and oxygen atoms in total. The van der Waals surface area contributed by atoms with Crippen LogP contribution in [0.5, 0.6) is 0 Å². The Morgan fingerprint density at radius 3 is 2.67 bits per heavy atom. The summed E-state index contributed by atoms with van der Waals surface area (Å²) in [6.45, 7) is 7.80. The molecule has 0 radical (unpaired) electrons. The molecule has 1 heteroatoms. The van der Waals surface area contributed by atoms with Gasteiger partial charge in [0.2, 0.25) is 0 Å². The monoisotopic (exact) mass is 160 g/mol. The third-order valence-electron chi connectivity index (χ3n) is 1.86. The second kappa shape index (κ2) is 3.35. The van der Waals surface area contributed by atoms with E-state index in [1.54, 1.807) is 0 Å². The van der Waals surface area contributed by atoms with Crippen molar-refractivity contribution in [2.24, 2.45) is 0 Å². The molecule has 0 unspecified atom stereocenters. The molecule has 0 heterocycles. The zero-order valence-corrected chi connectivity index (χ0v) is 7.42. The molecule has 0 amide bonds. The Balaban J connectivity index is 3.25. The summed E-state index contributed by atoms with van der Waals surface area (Å²) < 4.78 is 0. The van der Waals surface area contributed by atoms with Gasteiger partial charge in [-0.2, -0.15) is 0 Å². The summed E-state index contributed by atoms with van der Waals surface area (Å²) in [4.78, 5) is 10.5. The predicted molar refractivity (Wildman–Crippen MR) is 51.3 cm³/mol. The van der Waals surface area contributed by atoms with Crippen LogP contribution in [0.1, 0.15) is 28.4 Å². The molecule has 0 bridgehead atoms. The molecule has 1 aromatic carbocycles. The Hall–Kier alpha value is -1.37. The second-order valence-electron chi connectivity index (χ2n) is 2.97. The summed E-state index contributed by atoms with van der Waals surface area (Å²) in [7, 11) is 0. The molecular weight excluding hydrogens is 148 g/mol. The van der Waals surface area contributed by atoms with Gasteiger partial charge in [-0.25, -0.2) is 0 Å². The fourth-order valence-electron chi connectivity index (χ4n) is 1.17. The maximum atomic E-state index is 10.5. The normalized spacial score (nSPS) is 9.50. The number of benzene rings is 1. The van der Waals surface area contributed by atoms with Gasteiger partial charge in [-0.15, -0.1) is 0 Å². The number of hydrogen-bond donors (Lipinski definition) is 0. The van der Waals surface area contributed by atoms with Crippen LogP contribution < -0.4 is 0 Å². The smallest absolute Gasteiger partial charge is 0.150 e. The van der Waals surface area contributed by atoms with Crippen LogP contribution in [-0.2, 0) is 0 Å². The summed E-state index contributed by atoms with van der Waals surface area (Å²) in [5, 5.41) is 0. The highest BCUT2D eigenvalue weighted by atomic mass is 16.1. The molecule has 1 rings (SSSR count). The van der Waals surface area contributed by atoms with Gasteiger partial charge in [-0.3, -0.25) is 4.79 Å². The van der Waals surface area contributed by atoms with Gasteiger partial charge >= 0.3 is 0 Å². The van der Waals surface area contributed by atoms with Crippen LogP contribution in [0.25, 0.3) is 5.57 Å². The molecule has 62 valence electrons. The number of aldehydes is 1. The molecule has 0 atom stereocenters. The molecule has 0 saturated heterocycles. The van der Waals surface area contributed by atoms with E-state index < -0.39 is 0 Å². The van der Waals surface area contributed by atoms with Crippen LogP contribution in [0, 0.1) is 6.92 Å². The van der Waals surface area contributed by atoms with Crippen molar-refractivity contribution in [2.45, 2.75) is 13.8 Å². The topological polar surface area (TPSA) is 17.1 Å². The molecule has 0 aliphatic heterocycles. The zero-order chi connectivity index (χ0) is 9.14. The van der Waals surface area contributed by atoms with E-state index in [-0.39, 0.29) is 0 Å². The lowest BCUT2D eigenvalue weighted by Crippen LogP contribution is -1.88. The standard InChI is InChI=1S/C11H12O/c1-8(2)11-6-10(7-12)5-4-9(11)3/h4-7H,1H2,2-3H3. The van der Waals surface area contributed by atoms with Crippen LogP contribution in [0.2, 0.25) is 0 Å². The molecule has 0 aliphatic carbocycles. The van der Waals surface area contributed by atoms with Crippen molar-refractivity contribution in [3.63, 3.8) is 0 Å². The first-order valence-corrected chi connectivity index (χ1v) is 3.87. The summed E-state index contributed by atoms with van der Waals surface area (Å²) in [6.07, 6.45) is 0.853. The minimum atomic E-state index is 0.707. The van der Waals surface area contributed by atoms with Crippen molar-refractivity contribution >= 4 is 11.9 Å².